The molecule has 2 amide bonds. The average Bonchev–Trinajstić information content (AvgIpc) is 3.06. The summed E-state index contributed by atoms with van der Waals surface area (Å²) < 4.78 is 1.59. The van der Waals surface area contributed by atoms with Gasteiger partial charge >= 0.3 is 0 Å². The molecule has 0 saturated carbocycles. The topological polar surface area (TPSA) is 76.0 Å². The molecular formula is C19H16N4O2. The fraction of sp³-hybridized carbons (Fsp3) is 0.105. The number of carbonyl (C=O) groups is 2. The maximum atomic E-state index is 12.7. The van der Waals surface area contributed by atoms with Gasteiger partial charge < -0.3 is 10.6 Å². The molecule has 1 aliphatic rings. The van der Waals surface area contributed by atoms with Crippen LogP contribution in [0.25, 0.3) is 11.3 Å². The van der Waals surface area contributed by atoms with E-state index in [0.717, 1.165) is 11.3 Å². The number of hydrogen-bond acceptors (Lipinski definition) is 3. The molecule has 2 heterocycles. The highest BCUT2D eigenvalue weighted by Gasteiger charge is 2.32. The lowest BCUT2D eigenvalue weighted by Gasteiger charge is -2.23. The summed E-state index contributed by atoms with van der Waals surface area (Å²) in [5.74, 6) is 0.0774. The van der Waals surface area contributed by atoms with Crippen LogP contribution in [-0.4, -0.2) is 21.6 Å². The monoisotopic (exact) mass is 332 g/mol. The van der Waals surface area contributed by atoms with Gasteiger partial charge in [0.2, 0.25) is 11.8 Å². The lowest BCUT2D eigenvalue weighted by molar-refractivity contribution is -0.125. The van der Waals surface area contributed by atoms with Crippen LogP contribution in [-0.2, 0) is 9.59 Å². The molecule has 0 unspecified atom stereocenters. The fourth-order valence-corrected chi connectivity index (χ4v) is 2.88. The van der Waals surface area contributed by atoms with Gasteiger partial charge in [-0.25, -0.2) is 4.68 Å². The van der Waals surface area contributed by atoms with Gasteiger partial charge in [-0.2, -0.15) is 5.10 Å². The first kappa shape index (κ1) is 15.1. The highest BCUT2D eigenvalue weighted by Crippen LogP contribution is 2.30. The second-order valence-electron chi connectivity index (χ2n) is 5.85. The third kappa shape index (κ3) is 3.01. The van der Waals surface area contributed by atoms with E-state index in [-0.39, 0.29) is 18.2 Å². The Kier molecular flexibility index (Phi) is 3.78. The molecule has 6 heteroatoms. The van der Waals surface area contributed by atoms with Gasteiger partial charge in [0.25, 0.3) is 0 Å². The van der Waals surface area contributed by atoms with Crippen LogP contribution in [0.3, 0.4) is 0 Å². The average molecular weight is 332 g/mol. The van der Waals surface area contributed by atoms with Crippen molar-refractivity contribution in [3.8, 4) is 11.3 Å². The van der Waals surface area contributed by atoms with Crippen LogP contribution < -0.4 is 10.6 Å². The Balaban J connectivity index is 1.66. The van der Waals surface area contributed by atoms with Crippen LogP contribution >= 0.6 is 0 Å². The summed E-state index contributed by atoms with van der Waals surface area (Å²) in [7, 11) is 0. The lowest BCUT2D eigenvalue weighted by Crippen LogP contribution is -2.35. The zero-order valence-corrected chi connectivity index (χ0v) is 13.3. The Morgan fingerprint density at radius 1 is 1.08 bits per heavy atom. The van der Waals surface area contributed by atoms with E-state index >= 15 is 0 Å². The Morgan fingerprint density at radius 3 is 2.48 bits per heavy atom. The number of anilines is 2. The van der Waals surface area contributed by atoms with Crippen LogP contribution in [0.1, 0.15) is 12.5 Å². The zero-order valence-electron chi connectivity index (χ0n) is 13.3. The molecule has 2 aromatic carbocycles. The Labute approximate surface area is 144 Å². The lowest BCUT2D eigenvalue weighted by atomic mass is 10.1. The summed E-state index contributed by atoms with van der Waals surface area (Å²) in [5.41, 5.74) is 2.34. The summed E-state index contributed by atoms with van der Waals surface area (Å²) in [6, 6.07) is 19.9. The predicted octanol–water partition coefficient (Wildman–Crippen LogP) is 3.07. The highest BCUT2D eigenvalue weighted by atomic mass is 16.2. The molecule has 0 radical (unpaired) electrons. The molecule has 0 saturated heterocycles. The normalized spacial score (nSPS) is 16.0. The predicted molar refractivity (Wildman–Crippen MR) is 95.0 cm³/mol. The maximum Gasteiger partial charge on any atom is 0.249 e. The number of rotatable bonds is 3. The molecule has 1 aromatic heterocycles. The van der Waals surface area contributed by atoms with E-state index in [1.807, 2.05) is 48.5 Å². The summed E-state index contributed by atoms with van der Waals surface area (Å²) in [6.45, 7) is 0. The molecule has 1 atom stereocenters. The summed E-state index contributed by atoms with van der Waals surface area (Å²) in [6.07, 6.45) is 0.0571. The van der Waals surface area contributed by atoms with E-state index in [0.29, 0.717) is 11.5 Å². The molecule has 124 valence electrons. The van der Waals surface area contributed by atoms with Crippen molar-refractivity contribution in [2.45, 2.75) is 12.5 Å². The van der Waals surface area contributed by atoms with E-state index in [1.165, 1.54) is 0 Å². The number of hydrogen-bond donors (Lipinski definition) is 2. The first-order valence-corrected chi connectivity index (χ1v) is 8.01. The smallest absolute Gasteiger partial charge is 0.249 e. The second-order valence-corrected chi connectivity index (χ2v) is 5.85. The molecule has 0 aliphatic carbocycles. The van der Waals surface area contributed by atoms with Crippen LogP contribution in [0.4, 0.5) is 11.5 Å². The standard InChI is InChI=1S/C19H16N4O2/c24-18-12-16(19(25)20-14-9-5-2-6-10-14)23-17(21-18)11-15(22-23)13-7-3-1-4-8-13/h1-11,16H,12H2,(H,20,25)(H,21,24)/t16-/m1/s1. The third-order valence-electron chi connectivity index (χ3n) is 4.09. The molecular weight excluding hydrogens is 316 g/mol. The molecule has 0 bridgehead atoms. The van der Waals surface area contributed by atoms with E-state index in [1.54, 1.807) is 22.9 Å². The molecule has 3 aromatic rings. The number of nitrogens with one attached hydrogen (secondary N) is 2. The summed E-state index contributed by atoms with van der Waals surface area (Å²) in [5, 5.41) is 10.2. The maximum absolute atomic E-state index is 12.7. The molecule has 0 spiro atoms. The van der Waals surface area contributed by atoms with Gasteiger partial charge in [-0.1, -0.05) is 48.5 Å². The van der Waals surface area contributed by atoms with E-state index in [9.17, 15) is 9.59 Å². The van der Waals surface area contributed by atoms with Gasteiger partial charge in [-0.15, -0.1) is 0 Å². The summed E-state index contributed by atoms with van der Waals surface area (Å²) >= 11 is 0. The minimum absolute atomic E-state index is 0.0571. The van der Waals surface area contributed by atoms with E-state index in [2.05, 4.69) is 15.7 Å². The number of nitrogens with zero attached hydrogens (tertiary/aromatic N) is 2. The van der Waals surface area contributed by atoms with Crippen molar-refractivity contribution in [2.24, 2.45) is 0 Å². The van der Waals surface area contributed by atoms with Crippen molar-refractivity contribution in [3.05, 3.63) is 66.7 Å². The van der Waals surface area contributed by atoms with Crippen molar-refractivity contribution in [1.29, 1.82) is 0 Å². The number of fused-ring (bicyclic) bond motifs is 1. The minimum atomic E-state index is -0.679. The van der Waals surface area contributed by atoms with E-state index in [4.69, 9.17) is 0 Å². The Hall–Kier alpha value is -3.41. The first-order chi connectivity index (χ1) is 12.2. The number of amides is 2. The van der Waals surface area contributed by atoms with Crippen molar-refractivity contribution < 1.29 is 9.59 Å². The molecule has 0 fully saturated rings. The first-order valence-electron chi connectivity index (χ1n) is 8.01. The van der Waals surface area contributed by atoms with Crippen molar-refractivity contribution >= 4 is 23.3 Å². The van der Waals surface area contributed by atoms with Crippen molar-refractivity contribution in [3.63, 3.8) is 0 Å². The Bertz CT molecular complexity index is 919. The van der Waals surface area contributed by atoms with Gasteiger partial charge in [0.1, 0.15) is 11.9 Å². The summed E-state index contributed by atoms with van der Waals surface area (Å²) in [4.78, 5) is 24.7. The second kappa shape index (κ2) is 6.24. The largest absolute Gasteiger partial charge is 0.324 e. The molecule has 4 rings (SSSR count). The van der Waals surface area contributed by atoms with Gasteiger partial charge in [-0.3, -0.25) is 9.59 Å². The Morgan fingerprint density at radius 2 is 1.76 bits per heavy atom. The quantitative estimate of drug-likeness (QED) is 0.774. The molecule has 2 N–H and O–H groups in total. The number of benzene rings is 2. The molecule has 6 nitrogen and oxygen atoms in total. The van der Waals surface area contributed by atoms with Gasteiger partial charge in [0.15, 0.2) is 0 Å². The van der Waals surface area contributed by atoms with Crippen LogP contribution in [0.15, 0.2) is 66.7 Å². The van der Waals surface area contributed by atoms with Crippen molar-refractivity contribution in [2.75, 3.05) is 10.6 Å². The highest BCUT2D eigenvalue weighted by molar-refractivity contribution is 6.01. The third-order valence-corrected chi connectivity index (χ3v) is 4.09. The van der Waals surface area contributed by atoms with Gasteiger partial charge in [0, 0.05) is 17.3 Å². The number of aromatic nitrogens is 2. The van der Waals surface area contributed by atoms with Crippen LogP contribution in [0.5, 0.6) is 0 Å². The molecule has 1 aliphatic heterocycles. The van der Waals surface area contributed by atoms with Gasteiger partial charge in [0.05, 0.1) is 12.1 Å². The number of para-hydroxylation sites is 1. The molecule has 25 heavy (non-hydrogen) atoms. The van der Waals surface area contributed by atoms with Crippen molar-refractivity contribution in [1.82, 2.24) is 9.78 Å². The van der Waals surface area contributed by atoms with Crippen LogP contribution in [0, 0.1) is 0 Å². The SMILES string of the molecule is O=C1C[C@H](C(=O)Nc2ccccc2)n2nc(-c3ccccc3)cc2N1. The number of carbonyl (C=O) groups excluding carboxylic acids is 2. The van der Waals surface area contributed by atoms with Crippen LogP contribution in [0.2, 0.25) is 0 Å². The minimum Gasteiger partial charge on any atom is -0.324 e. The van der Waals surface area contributed by atoms with Gasteiger partial charge in [-0.05, 0) is 12.1 Å². The van der Waals surface area contributed by atoms with E-state index < -0.39 is 6.04 Å². The zero-order chi connectivity index (χ0) is 17.2. The fourth-order valence-electron chi connectivity index (χ4n) is 2.88.